The third kappa shape index (κ3) is 10.7. The van der Waals surface area contributed by atoms with E-state index in [1.165, 1.54) is 58.1 Å². The van der Waals surface area contributed by atoms with Gasteiger partial charge in [0.1, 0.15) is 11.7 Å². The molecule has 0 heterocycles. The van der Waals surface area contributed by atoms with Crippen molar-refractivity contribution in [2.24, 2.45) is 39.4 Å². The Hall–Kier alpha value is -0.980. The Labute approximate surface area is 341 Å². The minimum Gasteiger partial charge on any atom is -0.481 e. The van der Waals surface area contributed by atoms with Crippen LogP contribution in [0.2, 0.25) is 0 Å². The molecule has 0 bridgehead atoms. The fourth-order valence-electron chi connectivity index (χ4n) is 11.2. The van der Waals surface area contributed by atoms with Gasteiger partial charge in [0.25, 0.3) is 0 Å². The lowest BCUT2D eigenvalue weighted by Crippen LogP contribution is -2.55. The van der Waals surface area contributed by atoms with E-state index < -0.39 is 17.5 Å². The molecular formula is C42H68O8S4. The molecule has 0 aromatic carbocycles. The lowest BCUT2D eigenvalue weighted by molar-refractivity contribution is -0.169. The van der Waals surface area contributed by atoms with E-state index in [1.807, 2.05) is 13.8 Å². The van der Waals surface area contributed by atoms with Crippen molar-refractivity contribution in [1.82, 2.24) is 0 Å². The third-order valence-corrected chi connectivity index (χ3v) is 19.1. The molecule has 2 saturated carbocycles. The van der Waals surface area contributed by atoms with Crippen molar-refractivity contribution < 1.29 is 38.9 Å². The molecule has 7 atom stereocenters. The molecule has 2 fully saturated rings. The van der Waals surface area contributed by atoms with Gasteiger partial charge in [0.2, 0.25) is 0 Å². The van der Waals surface area contributed by atoms with Crippen LogP contribution in [0, 0.1) is 39.4 Å². The predicted octanol–water partition coefficient (Wildman–Crippen LogP) is 11.3. The fraction of sp³-hybridized carbons (Fsp3) is 0.857. The molecule has 0 aromatic rings. The lowest BCUT2D eigenvalue weighted by atomic mass is 9.43. The van der Waals surface area contributed by atoms with Crippen LogP contribution in [0.4, 0.5) is 0 Å². The van der Waals surface area contributed by atoms with E-state index in [9.17, 15) is 19.2 Å². The van der Waals surface area contributed by atoms with Crippen molar-refractivity contribution >= 4 is 67.1 Å². The number of carboxylic acids is 2. The predicted molar refractivity (Wildman–Crippen MR) is 226 cm³/mol. The molecule has 4 rings (SSSR count). The van der Waals surface area contributed by atoms with Crippen LogP contribution in [0.5, 0.6) is 0 Å². The van der Waals surface area contributed by atoms with Crippen molar-refractivity contribution in [3.05, 3.63) is 11.1 Å². The zero-order valence-electron chi connectivity index (χ0n) is 34.2. The van der Waals surface area contributed by atoms with E-state index in [0.29, 0.717) is 53.6 Å². The van der Waals surface area contributed by atoms with Crippen molar-refractivity contribution in [1.29, 1.82) is 0 Å². The maximum Gasteiger partial charge on any atom is 0.307 e. The van der Waals surface area contributed by atoms with Crippen LogP contribution in [0.3, 0.4) is 0 Å². The first-order valence-corrected chi connectivity index (χ1v) is 25.3. The average Bonchev–Trinajstić information content (AvgIpc) is 3.36. The summed E-state index contributed by atoms with van der Waals surface area (Å²) in [5, 5.41) is 17.6. The highest BCUT2D eigenvalue weighted by Crippen LogP contribution is 2.72. The minimum absolute atomic E-state index is 0.0792. The number of aliphatic carboxylic acids is 2. The molecule has 0 amide bonds. The van der Waals surface area contributed by atoms with Gasteiger partial charge in [-0.25, -0.2) is 0 Å². The summed E-state index contributed by atoms with van der Waals surface area (Å²) >= 11 is 0. The van der Waals surface area contributed by atoms with Gasteiger partial charge in [-0.1, -0.05) is 102 Å². The second-order valence-corrected chi connectivity index (χ2v) is 23.8. The number of ether oxygens (including phenoxy) is 2. The maximum absolute atomic E-state index is 12.9. The van der Waals surface area contributed by atoms with Gasteiger partial charge in [0, 0.05) is 28.4 Å². The maximum atomic E-state index is 12.9. The topological polar surface area (TPSA) is 127 Å². The van der Waals surface area contributed by atoms with E-state index in [4.69, 9.17) is 19.7 Å². The van der Waals surface area contributed by atoms with Crippen LogP contribution in [0.1, 0.15) is 152 Å². The van der Waals surface area contributed by atoms with Gasteiger partial charge in [-0.2, -0.15) is 0 Å². The van der Waals surface area contributed by atoms with Crippen molar-refractivity contribution in [3.8, 4) is 0 Å². The molecule has 4 aliphatic rings. The smallest absolute Gasteiger partial charge is 0.307 e. The molecule has 8 nitrogen and oxygen atoms in total. The Kier molecular flexibility index (Phi) is 16.2. The molecule has 0 aromatic heterocycles. The Balaban J connectivity index is 1.30. The van der Waals surface area contributed by atoms with Crippen LogP contribution < -0.4 is 0 Å². The highest BCUT2D eigenvalue weighted by atomic mass is 33.1. The number of hydrogen-bond donors (Lipinski definition) is 2. The summed E-state index contributed by atoms with van der Waals surface area (Å²) in [4.78, 5) is 46.9. The fourth-order valence-corrected chi connectivity index (χ4v) is 15.2. The van der Waals surface area contributed by atoms with Gasteiger partial charge in [0.05, 0.1) is 25.7 Å². The lowest BCUT2D eigenvalue weighted by Gasteiger charge is -2.62. The van der Waals surface area contributed by atoms with Gasteiger partial charge < -0.3 is 19.7 Å². The minimum atomic E-state index is -0.797. The van der Waals surface area contributed by atoms with Crippen molar-refractivity contribution in [2.75, 3.05) is 23.0 Å². The van der Waals surface area contributed by atoms with Crippen LogP contribution >= 0.6 is 43.2 Å². The largest absolute Gasteiger partial charge is 0.481 e. The second kappa shape index (κ2) is 19.2. The van der Waals surface area contributed by atoms with Gasteiger partial charge in [-0.05, 0) is 112 Å². The molecule has 0 saturated heterocycles. The van der Waals surface area contributed by atoms with Crippen molar-refractivity contribution in [3.63, 3.8) is 0 Å². The van der Waals surface area contributed by atoms with E-state index in [-0.39, 0.29) is 52.5 Å². The first-order chi connectivity index (χ1) is 25.3. The highest BCUT2D eigenvalue weighted by molar-refractivity contribution is 8.77. The average molecular weight is 829 g/mol. The zero-order chi connectivity index (χ0) is 40.0. The third-order valence-electron chi connectivity index (χ3n) is 14.3. The number of fused-ring (bicyclic) bond motifs is 4. The number of hydrogen-bond acceptors (Lipinski definition) is 10. The van der Waals surface area contributed by atoms with Crippen LogP contribution in [0.25, 0.3) is 0 Å². The Morgan fingerprint density at radius 2 is 1.33 bits per heavy atom. The first-order valence-electron chi connectivity index (χ1n) is 20.3. The molecule has 308 valence electrons. The van der Waals surface area contributed by atoms with E-state index in [0.717, 1.165) is 44.9 Å². The summed E-state index contributed by atoms with van der Waals surface area (Å²) in [5.41, 5.74) is 3.50. The van der Waals surface area contributed by atoms with Gasteiger partial charge in [-0.3, -0.25) is 19.2 Å². The molecule has 0 unspecified atom stereocenters. The highest BCUT2D eigenvalue weighted by Gasteiger charge is 2.63. The van der Waals surface area contributed by atoms with Crippen molar-refractivity contribution in [2.45, 2.75) is 163 Å². The zero-order valence-corrected chi connectivity index (χ0v) is 37.5. The summed E-state index contributed by atoms with van der Waals surface area (Å²) in [6.07, 6.45) is 13.1. The van der Waals surface area contributed by atoms with Gasteiger partial charge in [-0.15, -0.1) is 0 Å². The SMILES string of the molecule is C[C@H](CCCC(C)(C)OC(=O)CCSSCCC(=O)O)[C@H]1CC[C@@]2(C)C3=C(CC[C@]12C)[C@@]1(C)CC[C@H](OC(=O)CCSSCCC(=O)O)C(C)(C)[C@@H]1CC3. The molecule has 4 aliphatic carbocycles. The van der Waals surface area contributed by atoms with Gasteiger partial charge in [0.15, 0.2) is 0 Å². The molecule has 0 aliphatic heterocycles. The normalized spacial score (nSPS) is 30.9. The Bertz CT molecular complexity index is 1380. The summed E-state index contributed by atoms with van der Waals surface area (Å²) in [6.45, 7) is 18.9. The van der Waals surface area contributed by atoms with Gasteiger partial charge >= 0.3 is 23.9 Å². The number of rotatable bonds is 21. The van der Waals surface area contributed by atoms with Crippen LogP contribution in [-0.2, 0) is 28.7 Å². The molecule has 0 spiro atoms. The number of allylic oxidation sites excluding steroid dienone is 2. The monoisotopic (exact) mass is 828 g/mol. The number of esters is 2. The quantitative estimate of drug-likeness (QED) is 0.0495. The molecule has 0 radical (unpaired) electrons. The standard InChI is InChI=1S/C42H68O8S4/c1-28(10-9-20-38(2,3)50-37(48)19-27-54-52-25-17-35(45)46)29-13-22-42(8)31-11-12-32-39(4,5)33(49-36(47)18-26-53-51-24-16-34(43)44)15-21-40(32,6)30(31)14-23-41(29,42)7/h28-29,32-33H,9-27H2,1-8H3,(H,43,44)(H,45,46)/t28-,29-,32+,33+,40-,41-,42+/m1/s1. The van der Waals surface area contributed by atoms with Crippen LogP contribution in [0.15, 0.2) is 11.1 Å². The summed E-state index contributed by atoms with van der Waals surface area (Å²) in [5.74, 6) is 2.19. The summed E-state index contributed by atoms with van der Waals surface area (Å²) in [6, 6.07) is 0. The summed E-state index contributed by atoms with van der Waals surface area (Å²) < 4.78 is 12.1. The number of carbonyl (C=O) groups excluding carboxylic acids is 2. The first kappa shape index (κ1) is 45.7. The Morgan fingerprint density at radius 3 is 1.93 bits per heavy atom. The second-order valence-electron chi connectivity index (χ2n) is 18.4. The number of carboxylic acid groups (broad SMARTS) is 2. The molecular weight excluding hydrogens is 761 g/mol. The Morgan fingerprint density at radius 1 is 0.759 bits per heavy atom. The van der Waals surface area contributed by atoms with Crippen LogP contribution in [-0.4, -0.2) is 68.8 Å². The van der Waals surface area contributed by atoms with E-state index in [2.05, 4.69) is 41.5 Å². The van der Waals surface area contributed by atoms with E-state index >= 15 is 0 Å². The molecule has 54 heavy (non-hydrogen) atoms. The van der Waals surface area contributed by atoms with E-state index in [1.54, 1.807) is 21.9 Å². The molecule has 12 heteroatoms. The molecule has 2 N–H and O–H groups in total. The summed E-state index contributed by atoms with van der Waals surface area (Å²) in [7, 11) is 6.08. The number of carbonyl (C=O) groups is 4.